The summed E-state index contributed by atoms with van der Waals surface area (Å²) in [4.78, 5) is 0. The Morgan fingerprint density at radius 3 is 2.50 bits per heavy atom. The van der Waals surface area contributed by atoms with Gasteiger partial charge >= 0.3 is 0 Å². The Kier molecular flexibility index (Phi) is 4.52. The number of hydrogen-bond acceptors (Lipinski definition) is 0. The van der Waals surface area contributed by atoms with Gasteiger partial charge in [0.1, 0.15) is 0 Å². The van der Waals surface area contributed by atoms with Crippen LogP contribution in [-0.2, 0) is 5.41 Å². The second kappa shape index (κ2) is 6.70. The second-order valence-electron chi connectivity index (χ2n) is 7.52. The Morgan fingerprint density at radius 2 is 1.77 bits per heavy atom. The van der Waals surface area contributed by atoms with E-state index in [-0.39, 0.29) is 5.41 Å². The average molecular weight is 450 g/mol. The number of rotatable bonds is 2. The molecule has 0 amide bonds. The van der Waals surface area contributed by atoms with Gasteiger partial charge in [0.05, 0.1) is 0 Å². The van der Waals surface area contributed by atoms with E-state index in [9.17, 15) is 0 Å². The van der Waals surface area contributed by atoms with Crippen LogP contribution in [-0.4, -0.2) is 0 Å². The molecule has 2 aliphatic rings. The number of allylic oxidation sites excluding steroid dienone is 8. The summed E-state index contributed by atoms with van der Waals surface area (Å²) in [6, 6.07) is 15.8. The lowest BCUT2D eigenvalue weighted by molar-refractivity contribution is 0.660. The molecule has 0 heterocycles. The van der Waals surface area contributed by atoms with E-state index < -0.39 is 0 Å². The first-order valence-electron chi connectivity index (χ1n) is 9.16. The van der Waals surface area contributed by atoms with Crippen LogP contribution in [0.15, 0.2) is 82.0 Å². The van der Waals surface area contributed by atoms with Crippen molar-refractivity contribution in [2.45, 2.75) is 32.6 Å². The zero-order valence-corrected chi connectivity index (χ0v) is 17.7. The first-order valence-corrected chi connectivity index (χ1v) is 10.2. The fourth-order valence-electron chi connectivity index (χ4n) is 4.06. The SMILES string of the molecule is C/C=C(\C=C1\C=CC(I)=CC1)c1ccc2c(c1)C(C)(C)c1ccccc1-2. The van der Waals surface area contributed by atoms with Crippen molar-refractivity contribution in [1.82, 2.24) is 0 Å². The highest BCUT2D eigenvalue weighted by molar-refractivity contribution is 14.1. The van der Waals surface area contributed by atoms with Gasteiger partial charge in [-0.15, -0.1) is 0 Å². The molecule has 4 rings (SSSR count). The lowest BCUT2D eigenvalue weighted by atomic mass is 9.81. The molecule has 0 unspecified atom stereocenters. The summed E-state index contributed by atoms with van der Waals surface area (Å²) in [6.07, 6.45) is 12.3. The van der Waals surface area contributed by atoms with Gasteiger partial charge in [0.25, 0.3) is 0 Å². The van der Waals surface area contributed by atoms with Crippen molar-refractivity contribution in [3.8, 4) is 11.1 Å². The van der Waals surface area contributed by atoms with Gasteiger partial charge in [-0.25, -0.2) is 0 Å². The van der Waals surface area contributed by atoms with Crippen LogP contribution in [0.1, 0.15) is 43.9 Å². The Labute approximate surface area is 170 Å². The van der Waals surface area contributed by atoms with E-state index in [1.165, 1.54) is 42.5 Å². The van der Waals surface area contributed by atoms with E-state index in [4.69, 9.17) is 0 Å². The molecule has 0 nitrogen and oxygen atoms in total. The van der Waals surface area contributed by atoms with Crippen molar-refractivity contribution in [3.05, 3.63) is 98.7 Å². The van der Waals surface area contributed by atoms with Gasteiger partial charge in [-0.1, -0.05) is 74.5 Å². The number of halogens is 1. The van der Waals surface area contributed by atoms with E-state index in [1.54, 1.807) is 0 Å². The van der Waals surface area contributed by atoms with Gasteiger partial charge in [-0.05, 0) is 87.0 Å². The summed E-state index contributed by atoms with van der Waals surface area (Å²) in [6.45, 7) is 6.81. The molecule has 1 heteroatoms. The molecule has 130 valence electrons. The Hall–Kier alpha value is -1.87. The fourth-order valence-corrected chi connectivity index (χ4v) is 4.46. The summed E-state index contributed by atoms with van der Waals surface area (Å²) in [5.74, 6) is 0. The molecule has 0 N–H and O–H groups in total. The lowest BCUT2D eigenvalue weighted by Crippen LogP contribution is -2.15. The first-order chi connectivity index (χ1) is 12.5. The molecule has 0 aromatic heterocycles. The zero-order chi connectivity index (χ0) is 18.3. The van der Waals surface area contributed by atoms with E-state index in [2.05, 4.69) is 116 Å². The Balaban J connectivity index is 1.76. The Morgan fingerprint density at radius 1 is 1.00 bits per heavy atom. The van der Waals surface area contributed by atoms with E-state index in [0.717, 1.165) is 6.42 Å². The van der Waals surface area contributed by atoms with Gasteiger partial charge in [-0.2, -0.15) is 0 Å². The van der Waals surface area contributed by atoms with Gasteiger partial charge in [0, 0.05) is 8.99 Å². The Bertz CT molecular complexity index is 997. The van der Waals surface area contributed by atoms with Crippen LogP contribution in [0.4, 0.5) is 0 Å². The predicted octanol–water partition coefficient (Wildman–Crippen LogP) is 7.60. The minimum absolute atomic E-state index is 0.0531. The largest absolute Gasteiger partial charge is 0.0798 e. The number of hydrogen-bond donors (Lipinski definition) is 0. The number of benzene rings is 2. The van der Waals surface area contributed by atoms with E-state index in [0.29, 0.717) is 0 Å². The smallest absolute Gasteiger partial charge is 0.0159 e. The van der Waals surface area contributed by atoms with Crippen molar-refractivity contribution < 1.29 is 0 Å². The first kappa shape index (κ1) is 17.5. The molecule has 0 atom stereocenters. The third kappa shape index (κ3) is 2.92. The predicted molar refractivity (Wildman–Crippen MR) is 122 cm³/mol. The molecule has 0 bridgehead atoms. The van der Waals surface area contributed by atoms with Crippen LogP contribution < -0.4 is 0 Å². The molecule has 0 saturated heterocycles. The van der Waals surface area contributed by atoms with E-state index >= 15 is 0 Å². The van der Waals surface area contributed by atoms with Crippen LogP contribution in [0.25, 0.3) is 16.7 Å². The molecule has 2 aromatic carbocycles. The highest BCUT2D eigenvalue weighted by atomic mass is 127. The quantitative estimate of drug-likeness (QED) is 0.414. The van der Waals surface area contributed by atoms with Crippen molar-refractivity contribution in [3.63, 3.8) is 0 Å². The van der Waals surface area contributed by atoms with Crippen molar-refractivity contribution in [2.75, 3.05) is 0 Å². The molecular formula is C25H23I. The molecule has 0 aliphatic heterocycles. The molecule has 0 spiro atoms. The third-order valence-corrected chi connectivity index (χ3v) is 6.36. The summed E-state index contributed by atoms with van der Waals surface area (Å²) in [5.41, 5.74) is 9.65. The minimum Gasteiger partial charge on any atom is -0.0798 e. The molecule has 0 fully saturated rings. The van der Waals surface area contributed by atoms with Crippen LogP contribution >= 0.6 is 22.6 Å². The molecule has 2 aromatic rings. The van der Waals surface area contributed by atoms with Crippen molar-refractivity contribution in [1.29, 1.82) is 0 Å². The summed E-state index contributed by atoms with van der Waals surface area (Å²) in [7, 11) is 0. The molecule has 26 heavy (non-hydrogen) atoms. The third-order valence-electron chi connectivity index (χ3n) is 5.56. The van der Waals surface area contributed by atoms with Gasteiger partial charge < -0.3 is 0 Å². The van der Waals surface area contributed by atoms with Crippen molar-refractivity contribution in [2.24, 2.45) is 0 Å². The highest BCUT2D eigenvalue weighted by Crippen LogP contribution is 2.49. The maximum absolute atomic E-state index is 2.40. The van der Waals surface area contributed by atoms with Crippen LogP contribution in [0.2, 0.25) is 0 Å². The molecule has 0 radical (unpaired) electrons. The second-order valence-corrected chi connectivity index (χ2v) is 8.77. The van der Waals surface area contributed by atoms with E-state index in [1.807, 2.05) is 0 Å². The highest BCUT2D eigenvalue weighted by Gasteiger charge is 2.35. The number of fused-ring (bicyclic) bond motifs is 3. The average Bonchev–Trinajstić information content (AvgIpc) is 2.89. The molecule has 0 saturated carbocycles. The van der Waals surface area contributed by atoms with Gasteiger partial charge in [0.15, 0.2) is 0 Å². The summed E-state index contributed by atoms with van der Waals surface area (Å²) >= 11 is 2.38. The maximum Gasteiger partial charge on any atom is 0.0159 e. The topological polar surface area (TPSA) is 0 Å². The molecular weight excluding hydrogens is 427 g/mol. The van der Waals surface area contributed by atoms with Gasteiger partial charge in [-0.3, -0.25) is 0 Å². The summed E-state index contributed by atoms with van der Waals surface area (Å²) < 4.78 is 1.32. The zero-order valence-electron chi connectivity index (χ0n) is 15.5. The normalized spacial score (nSPS) is 19.3. The van der Waals surface area contributed by atoms with Gasteiger partial charge in [0.2, 0.25) is 0 Å². The van der Waals surface area contributed by atoms with Crippen LogP contribution in [0.5, 0.6) is 0 Å². The fraction of sp³-hybridized carbons (Fsp3) is 0.200. The van der Waals surface area contributed by atoms with Crippen LogP contribution in [0, 0.1) is 0 Å². The monoisotopic (exact) mass is 450 g/mol. The minimum atomic E-state index is 0.0531. The van der Waals surface area contributed by atoms with Crippen LogP contribution in [0.3, 0.4) is 0 Å². The summed E-state index contributed by atoms with van der Waals surface area (Å²) in [5, 5.41) is 0. The molecule has 2 aliphatic carbocycles. The standard InChI is InChI=1S/C25H23I/c1-4-18(15-17-9-12-20(26)13-10-17)19-11-14-22-21-7-5-6-8-23(21)25(2,3)24(22)16-19/h4-9,11-16H,10H2,1-3H3/b17-15-,18-4+. The van der Waals surface area contributed by atoms with Crippen molar-refractivity contribution >= 4 is 28.2 Å². The maximum atomic E-state index is 2.40. The lowest BCUT2D eigenvalue weighted by Gasteiger charge is -2.22.